The van der Waals surface area contributed by atoms with Gasteiger partial charge < -0.3 is 10.1 Å². The van der Waals surface area contributed by atoms with Crippen molar-refractivity contribution in [1.29, 1.82) is 0 Å². The van der Waals surface area contributed by atoms with Gasteiger partial charge in [0.05, 0.1) is 11.8 Å². The van der Waals surface area contributed by atoms with Crippen LogP contribution in [0, 0.1) is 0 Å². The van der Waals surface area contributed by atoms with Crippen LogP contribution < -0.4 is 10.0 Å². The molecule has 0 aromatic heterocycles. The molecule has 0 heterocycles. The second-order valence-corrected chi connectivity index (χ2v) is 6.62. The molecule has 0 saturated heterocycles. The number of rotatable bonds is 6. The third-order valence-electron chi connectivity index (χ3n) is 2.68. The van der Waals surface area contributed by atoms with Crippen LogP contribution in [0.25, 0.3) is 0 Å². The summed E-state index contributed by atoms with van der Waals surface area (Å²) < 4.78 is 29.4. The number of sulfonamides is 1. The van der Waals surface area contributed by atoms with Crippen molar-refractivity contribution in [1.82, 2.24) is 5.32 Å². The molecule has 1 fully saturated rings. The molecule has 0 spiro atoms. The average Bonchev–Trinajstić information content (AvgIpc) is 3.18. The molecular formula is C13H16N2O5S. The van der Waals surface area contributed by atoms with Gasteiger partial charge in [0.25, 0.3) is 5.91 Å². The lowest BCUT2D eigenvalue weighted by Gasteiger charge is -2.07. The lowest BCUT2D eigenvalue weighted by atomic mass is 10.2. The largest absolute Gasteiger partial charge is 0.452 e. The number of hydrogen-bond donors (Lipinski definition) is 2. The molecule has 1 aromatic carbocycles. The van der Waals surface area contributed by atoms with Crippen molar-refractivity contribution < 1.29 is 22.7 Å². The third kappa shape index (κ3) is 5.42. The van der Waals surface area contributed by atoms with Crippen LogP contribution in [0.1, 0.15) is 23.2 Å². The van der Waals surface area contributed by atoms with Gasteiger partial charge in [0.15, 0.2) is 6.61 Å². The van der Waals surface area contributed by atoms with E-state index in [1.807, 2.05) is 0 Å². The zero-order valence-corrected chi connectivity index (χ0v) is 12.3. The summed E-state index contributed by atoms with van der Waals surface area (Å²) in [6.07, 6.45) is 2.93. The minimum atomic E-state index is -3.42. The van der Waals surface area contributed by atoms with Gasteiger partial charge in [-0.2, -0.15) is 0 Å². The van der Waals surface area contributed by atoms with Gasteiger partial charge >= 0.3 is 5.97 Å². The van der Waals surface area contributed by atoms with Crippen molar-refractivity contribution >= 4 is 27.6 Å². The number of amides is 1. The maximum atomic E-state index is 11.8. The predicted octanol–water partition coefficient (Wildman–Crippen LogP) is 0.493. The van der Waals surface area contributed by atoms with E-state index in [-0.39, 0.29) is 29.8 Å². The van der Waals surface area contributed by atoms with Crippen LogP contribution in [-0.4, -0.2) is 39.2 Å². The van der Waals surface area contributed by atoms with Gasteiger partial charge in [0.1, 0.15) is 0 Å². The highest BCUT2D eigenvalue weighted by Gasteiger charge is 2.23. The highest BCUT2D eigenvalue weighted by atomic mass is 32.2. The van der Waals surface area contributed by atoms with Crippen molar-refractivity contribution in [3.8, 4) is 0 Å². The molecule has 7 nitrogen and oxygen atoms in total. The molecule has 8 heteroatoms. The molecule has 2 N–H and O–H groups in total. The van der Waals surface area contributed by atoms with E-state index in [1.54, 1.807) is 0 Å². The molecule has 0 bridgehead atoms. The molecular weight excluding hydrogens is 296 g/mol. The Morgan fingerprint density at radius 3 is 2.67 bits per heavy atom. The molecule has 0 aliphatic heterocycles. The number of carbonyl (C=O) groups is 2. The lowest BCUT2D eigenvalue weighted by Crippen LogP contribution is -2.30. The number of nitrogens with one attached hydrogen (secondary N) is 2. The average molecular weight is 312 g/mol. The maximum Gasteiger partial charge on any atom is 0.338 e. The SMILES string of the molecule is CS(=O)(=O)Nc1cccc(C(=O)OCC(=O)NC2CC2)c1. The standard InChI is InChI=1S/C13H16N2O5S/c1-21(18,19)15-11-4-2-3-9(7-11)13(17)20-8-12(16)14-10-5-6-10/h2-4,7,10,15H,5-6,8H2,1H3,(H,14,16). The van der Waals surface area contributed by atoms with Gasteiger partial charge in [-0.3, -0.25) is 9.52 Å². The summed E-state index contributed by atoms with van der Waals surface area (Å²) >= 11 is 0. The first-order valence-electron chi connectivity index (χ1n) is 6.38. The second-order valence-electron chi connectivity index (χ2n) is 4.87. The summed E-state index contributed by atoms with van der Waals surface area (Å²) in [7, 11) is -3.42. The normalized spacial score (nSPS) is 14.3. The zero-order valence-electron chi connectivity index (χ0n) is 11.5. The van der Waals surface area contributed by atoms with E-state index in [4.69, 9.17) is 4.74 Å². The molecule has 2 rings (SSSR count). The Morgan fingerprint density at radius 2 is 2.05 bits per heavy atom. The van der Waals surface area contributed by atoms with E-state index in [0.29, 0.717) is 0 Å². The predicted molar refractivity (Wildman–Crippen MR) is 76.4 cm³/mol. The number of hydrogen-bond acceptors (Lipinski definition) is 5. The fourth-order valence-electron chi connectivity index (χ4n) is 1.64. The summed E-state index contributed by atoms with van der Waals surface area (Å²) in [4.78, 5) is 23.2. The summed E-state index contributed by atoms with van der Waals surface area (Å²) in [6, 6.07) is 6.07. The monoisotopic (exact) mass is 312 g/mol. The molecule has 21 heavy (non-hydrogen) atoms. The summed E-state index contributed by atoms with van der Waals surface area (Å²) in [5, 5.41) is 2.70. The number of anilines is 1. The van der Waals surface area contributed by atoms with E-state index >= 15 is 0 Å². The van der Waals surface area contributed by atoms with Crippen LogP contribution >= 0.6 is 0 Å². The van der Waals surface area contributed by atoms with Gasteiger partial charge in [-0.1, -0.05) is 6.07 Å². The van der Waals surface area contributed by atoms with Gasteiger partial charge in [-0.15, -0.1) is 0 Å². The van der Waals surface area contributed by atoms with Crippen LogP contribution in [0.3, 0.4) is 0 Å². The second kappa shape index (κ2) is 6.13. The first-order chi connectivity index (χ1) is 9.83. The van der Waals surface area contributed by atoms with Gasteiger partial charge in [0, 0.05) is 11.7 Å². The lowest BCUT2D eigenvalue weighted by molar-refractivity contribution is -0.124. The fourth-order valence-corrected chi connectivity index (χ4v) is 2.19. The topological polar surface area (TPSA) is 102 Å². The number of ether oxygens (including phenoxy) is 1. The Morgan fingerprint density at radius 1 is 1.33 bits per heavy atom. The summed E-state index contributed by atoms with van der Waals surface area (Å²) in [6.45, 7) is -0.348. The summed E-state index contributed by atoms with van der Waals surface area (Å²) in [5.74, 6) is -1.02. The Balaban J connectivity index is 1.92. The quantitative estimate of drug-likeness (QED) is 0.745. The number of benzene rings is 1. The zero-order chi connectivity index (χ0) is 15.5. The van der Waals surface area contributed by atoms with Crippen LogP contribution in [0.15, 0.2) is 24.3 Å². The van der Waals surface area contributed by atoms with Crippen molar-refractivity contribution in [3.63, 3.8) is 0 Å². The maximum absolute atomic E-state index is 11.8. The first kappa shape index (κ1) is 15.3. The number of carbonyl (C=O) groups excluding carboxylic acids is 2. The molecule has 1 aromatic rings. The Hall–Kier alpha value is -2.09. The van der Waals surface area contributed by atoms with E-state index < -0.39 is 16.0 Å². The smallest absolute Gasteiger partial charge is 0.338 e. The third-order valence-corrected chi connectivity index (χ3v) is 3.28. The van der Waals surface area contributed by atoms with E-state index in [1.165, 1.54) is 24.3 Å². The number of esters is 1. The highest BCUT2D eigenvalue weighted by Crippen LogP contribution is 2.18. The van der Waals surface area contributed by atoms with Crippen molar-refractivity contribution in [2.45, 2.75) is 18.9 Å². The van der Waals surface area contributed by atoms with Crippen LogP contribution in [-0.2, 0) is 19.6 Å². The van der Waals surface area contributed by atoms with Crippen molar-refractivity contribution in [2.75, 3.05) is 17.6 Å². The molecule has 1 amide bonds. The molecule has 0 unspecified atom stereocenters. The van der Waals surface area contributed by atoms with Gasteiger partial charge in [-0.25, -0.2) is 13.2 Å². The molecule has 1 aliphatic carbocycles. The molecule has 0 radical (unpaired) electrons. The minimum absolute atomic E-state index is 0.169. The molecule has 0 atom stereocenters. The Labute approximate surface area is 122 Å². The van der Waals surface area contributed by atoms with Crippen molar-refractivity contribution in [3.05, 3.63) is 29.8 Å². The van der Waals surface area contributed by atoms with E-state index in [9.17, 15) is 18.0 Å². The van der Waals surface area contributed by atoms with Crippen LogP contribution in [0.4, 0.5) is 5.69 Å². The van der Waals surface area contributed by atoms with E-state index in [0.717, 1.165) is 19.1 Å². The summed E-state index contributed by atoms with van der Waals surface area (Å²) in [5.41, 5.74) is 0.428. The highest BCUT2D eigenvalue weighted by molar-refractivity contribution is 7.92. The molecule has 1 saturated carbocycles. The van der Waals surface area contributed by atoms with E-state index in [2.05, 4.69) is 10.0 Å². The fraction of sp³-hybridized carbons (Fsp3) is 0.385. The minimum Gasteiger partial charge on any atom is -0.452 e. The Kier molecular flexibility index (Phi) is 4.46. The molecule has 1 aliphatic rings. The van der Waals surface area contributed by atoms with Crippen LogP contribution in [0.2, 0.25) is 0 Å². The van der Waals surface area contributed by atoms with Gasteiger partial charge in [-0.05, 0) is 31.0 Å². The van der Waals surface area contributed by atoms with Crippen LogP contribution in [0.5, 0.6) is 0 Å². The van der Waals surface area contributed by atoms with Crippen molar-refractivity contribution in [2.24, 2.45) is 0 Å². The molecule has 114 valence electrons. The van der Waals surface area contributed by atoms with Gasteiger partial charge in [0.2, 0.25) is 10.0 Å². The Bertz CT molecular complexity index is 652. The first-order valence-corrected chi connectivity index (χ1v) is 8.27.